The number of piperidine rings is 1. The predicted octanol–water partition coefficient (Wildman–Crippen LogP) is 1.97. The summed E-state index contributed by atoms with van der Waals surface area (Å²) in [6.45, 7) is 5.74. The monoisotopic (exact) mass is 342 g/mol. The molecule has 2 atom stereocenters. The van der Waals surface area contributed by atoms with Gasteiger partial charge in [-0.15, -0.1) is 12.4 Å². The molecule has 0 aromatic carbocycles. The van der Waals surface area contributed by atoms with Crippen molar-refractivity contribution in [3.8, 4) is 0 Å². The molecule has 2 aliphatic heterocycles. The highest BCUT2D eigenvalue weighted by atomic mass is 35.5. The molecule has 2 saturated heterocycles. The Labute approximate surface area is 143 Å². The second-order valence-electron chi connectivity index (χ2n) is 6.68. The van der Waals surface area contributed by atoms with Crippen LogP contribution in [-0.2, 0) is 11.2 Å². The lowest BCUT2D eigenvalue weighted by atomic mass is 9.94. The maximum atomic E-state index is 12.4. The van der Waals surface area contributed by atoms with Crippen LogP contribution in [0.5, 0.6) is 0 Å². The molecule has 1 aromatic heterocycles. The molecule has 2 unspecified atom stereocenters. The maximum absolute atomic E-state index is 12.4. The Bertz CT molecular complexity index is 502. The summed E-state index contributed by atoms with van der Waals surface area (Å²) in [6.07, 6.45) is 5.97. The first-order valence-electron chi connectivity index (χ1n) is 8.48. The van der Waals surface area contributed by atoms with Crippen LogP contribution < -0.4 is 5.32 Å². The number of amides is 1. The predicted molar refractivity (Wildman–Crippen MR) is 89.5 cm³/mol. The molecule has 2 fully saturated rings. The highest BCUT2D eigenvalue weighted by Crippen LogP contribution is 2.22. The number of halogens is 1. The second-order valence-corrected chi connectivity index (χ2v) is 6.68. The molecule has 1 N–H and O–H groups in total. The highest BCUT2D eigenvalue weighted by molar-refractivity contribution is 5.85. The van der Waals surface area contributed by atoms with Gasteiger partial charge in [0.2, 0.25) is 11.8 Å². The van der Waals surface area contributed by atoms with Crippen LogP contribution in [0.1, 0.15) is 43.8 Å². The van der Waals surface area contributed by atoms with Crippen molar-refractivity contribution in [2.45, 2.75) is 45.4 Å². The lowest BCUT2D eigenvalue weighted by Crippen LogP contribution is -2.40. The van der Waals surface area contributed by atoms with Gasteiger partial charge < -0.3 is 14.7 Å². The van der Waals surface area contributed by atoms with Crippen LogP contribution in [0, 0.1) is 18.8 Å². The third-order valence-electron chi connectivity index (χ3n) is 4.84. The van der Waals surface area contributed by atoms with Gasteiger partial charge in [0.25, 0.3) is 0 Å². The van der Waals surface area contributed by atoms with Crippen LogP contribution >= 0.6 is 12.4 Å². The van der Waals surface area contributed by atoms with E-state index in [9.17, 15) is 4.79 Å². The molecule has 1 amide bonds. The molecule has 6 nitrogen and oxygen atoms in total. The molecule has 0 bridgehead atoms. The highest BCUT2D eigenvalue weighted by Gasteiger charge is 2.25. The molecule has 1 aromatic rings. The first-order chi connectivity index (χ1) is 10.7. The normalized spacial score (nSPS) is 24.5. The summed E-state index contributed by atoms with van der Waals surface area (Å²) in [7, 11) is 0. The Hall–Kier alpha value is -1.14. The van der Waals surface area contributed by atoms with Gasteiger partial charge in [0, 0.05) is 32.9 Å². The van der Waals surface area contributed by atoms with Gasteiger partial charge in [0.05, 0.1) is 0 Å². The van der Waals surface area contributed by atoms with Crippen molar-refractivity contribution in [1.82, 2.24) is 20.4 Å². The van der Waals surface area contributed by atoms with Gasteiger partial charge in [0.15, 0.2) is 5.82 Å². The van der Waals surface area contributed by atoms with Crippen molar-refractivity contribution >= 4 is 18.3 Å². The van der Waals surface area contributed by atoms with Gasteiger partial charge in [-0.05, 0) is 50.6 Å². The summed E-state index contributed by atoms with van der Waals surface area (Å²) in [6, 6.07) is 0. The molecule has 0 saturated carbocycles. The molecule has 3 heterocycles. The Balaban J connectivity index is 0.00000192. The summed E-state index contributed by atoms with van der Waals surface area (Å²) >= 11 is 0. The van der Waals surface area contributed by atoms with Gasteiger partial charge >= 0.3 is 0 Å². The molecule has 0 aliphatic carbocycles. The minimum atomic E-state index is 0. The Kier molecular flexibility index (Phi) is 6.84. The summed E-state index contributed by atoms with van der Waals surface area (Å²) in [4.78, 5) is 18.7. The number of hydrogen-bond donors (Lipinski definition) is 1. The van der Waals surface area contributed by atoms with E-state index in [2.05, 4.69) is 15.5 Å². The first-order valence-corrected chi connectivity index (χ1v) is 8.48. The van der Waals surface area contributed by atoms with E-state index in [1.54, 1.807) is 0 Å². The van der Waals surface area contributed by atoms with Crippen molar-refractivity contribution in [1.29, 1.82) is 0 Å². The number of rotatable bonds is 5. The number of aromatic nitrogens is 2. The number of nitrogens with zero attached hydrogens (tertiary/aromatic N) is 3. The average molecular weight is 343 g/mol. The Morgan fingerprint density at radius 2 is 2.26 bits per heavy atom. The SMILES string of the molecule is Cc1nc(CC2CCCN(C(=O)CCC3CCNC3)C2)no1.Cl. The molecule has 130 valence electrons. The zero-order valence-corrected chi connectivity index (χ0v) is 14.6. The Morgan fingerprint density at radius 1 is 1.39 bits per heavy atom. The van der Waals surface area contributed by atoms with Crippen LogP contribution in [0.3, 0.4) is 0 Å². The minimum absolute atomic E-state index is 0. The van der Waals surface area contributed by atoms with E-state index in [1.807, 2.05) is 11.8 Å². The number of carbonyl (C=O) groups is 1. The van der Waals surface area contributed by atoms with Crippen molar-refractivity contribution < 1.29 is 9.32 Å². The number of nitrogens with one attached hydrogen (secondary N) is 1. The molecular weight excluding hydrogens is 316 g/mol. The number of aryl methyl sites for hydroxylation is 1. The van der Waals surface area contributed by atoms with E-state index in [1.165, 1.54) is 6.42 Å². The second kappa shape index (κ2) is 8.64. The van der Waals surface area contributed by atoms with Gasteiger partial charge in [0.1, 0.15) is 0 Å². The smallest absolute Gasteiger partial charge is 0.223 e. The molecule has 23 heavy (non-hydrogen) atoms. The van der Waals surface area contributed by atoms with Crippen LogP contribution in [0.2, 0.25) is 0 Å². The van der Waals surface area contributed by atoms with E-state index < -0.39 is 0 Å². The quantitative estimate of drug-likeness (QED) is 0.885. The van der Waals surface area contributed by atoms with Crippen LogP contribution in [-0.4, -0.2) is 47.1 Å². The summed E-state index contributed by atoms with van der Waals surface area (Å²) in [5, 5.41) is 7.34. The van der Waals surface area contributed by atoms with Gasteiger partial charge in [-0.25, -0.2) is 0 Å². The molecule has 0 spiro atoms. The average Bonchev–Trinajstić information content (AvgIpc) is 3.17. The summed E-state index contributed by atoms with van der Waals surface area (Å²) in [5.41, 5.74) is 0. The lowest BCUT2D eigenvalue weighted by molar-refractivity contribution is -0.133. The van der Waals surface area contributed by atoms with E-state index in [0.717, 1.165) is 57.7 Å². The van der Waals surface area contributed by atoms with Crippen LogP contribution in [0.4, 0.5) is 0 Å². The van der Waals surface area contributed by atoms with E-state index >= 15 is 0 Å². The zero-order valence-electron chi connectivity index (χ0n) is 13.8. The van der Waals surface area contributed by atoms with Crippen molar-refractivity contribution in [3.05, 3.63) is 11.7 Å². The van der Waals surface area contributed by atoms with Crippen LogP contribution in [0.15, 0.2) is 4.52 Å². The standard InChI is InChI=1S/C16H26N4O2.ClH/c1-12-18-15(19-22-12)9-14-3-2-8-20(11-14)16(21)5-4-13-6-7-17-10-13;/h13-14,17H,2-11H2,1H3;1H. The van der Waals surface area contributed by atoms with Crippen molar-refractivity contribution in [2.75, 3.05) is 26.2 Å². The van der Waals surface area contributed by atoms with Gasteiger partial charge in [-0.1, -0.05) is 5.16 Å². The zero-order chi connectivity index (χ0) is 15.4. The van der Waals surface area contributed by atoms with E-state index in [4.69, 9.17) is 4.52 Å². The fourth-order valence-corrected chi connectivity index (χ4v) is 3.59. The molecular formula is C16H27ClN4O2. The third kappa shape index (κ3) is 5.18. The van der Waals surface area contributed by atoms with Gasteiger partial charge in [-0.2, -0.15) is 4.98 Å². The first kappa shape index (κ1) is 18.2. The number of hydrogen-bond acceptors (Lipinski definition) is 5. The molecule has 0 radical (unpaired) electrons. The fraction of sp³-hybridized carbons (Fsp3) is 0.812. The molecule has 3 rings (SSSR count). The number of likely N-dealkylation sites (tertiary alicyclic amines) is 1. The summed E-state index contributed by atoms with van der Waals surface area (Å²) < 4.78 is 5.03. The maximum Gasteiger partial charge on any atom is 0.223 e. The van der Waals surface area contributed by atoms with Crippen LogP contribution in [0.25, 0.3) is 0 Å². The summed E-state index contributed by atoms with van der Waals surface area (Å²) in [5.74, 6) is 2.85. The molecule has 7 heteroatoms. The van der Waals surface area contributed by atoms with Crippen molar-refractivity contribution in [3.63, 3.8) is 0 Å². The Morgan fingerprint density at radius 3 is 2.96 bits per heavy atom. The van der Waals surface area contributed by atoms with Gasteiger partial charge in [-0.3, -0.25) is 4.79 Å². The lowest BCUT2D eigenvalue weighted by Gasteiger charge is -2.32. The minimum Gasteiger partial charge on any atom is -0.342 e. The van der Waals surface area contributed by atoms with E-state index in [0.29, 0.717) is 30.1 Å². The largest absolute Gasteiger partial charge is 0.342 e. The topological polar surface area (TPSA) is 71.3 Å². The van der Waals surface area contributed by atoms with Crippen molar-refractivity contribution in [2.24, 2.45) is 11.8 Å². The fourth-order valence-electron chi connectivity index (χ4n) is 3.59. The third-order valence-corrected chi connectivity index (χ3v) is 4.84. The molecule has 2 aliphatic rings. The number of carbonyl (C=O) groups excluding carboxylic acids is 1. The van der Waals surface area contributed by atoms with E-state index in [-0.39, 0.29) is 12.4 Å².